The van der Waals surface area contributed by atoms with E-state index in [1.54, 1.807) is 26.6 Å². The molecule has 38 heavy (non-hydrogen) atoms. The number of methoxy groups -OCH3 is 2. The summed E-state index contributed by atoms with van der Waals surface area (Å²) in [5.41, 5.74) is 3.06. The highest BCUT2D eigenvalue weighted by Crippen LogP contribution is 2.32. The van der Waals surface area contributed by atoms with E-state index >= 15 is 0 Å². The van der Waals surface area contributed by atoms with Gasteiger partial charge in [0.25, 0.3) is 0 Å². The van der Waals surface area contributed by atoms with Crippen LogP contribution in [0.5, 0.6) is 11.5 Å². The molecule has 2 atom stereocenters. The molecule has 1 aliphatic carbocycles. The number of halogens is 2. The van der Waals surface area contributed by atoms with Crippen molar-refractivity contribution in [2.45, 2.75) is 42.9 Å². The second kappa shape index (κ2) is 14.6. The number of hydrogen-bond acceptors (Lipinski definition) is 7. The molecule has 1 amide bonds. The van der Waals surface area contributed by atoms with Gasteiger partial charge in [-0.05, 0) is 68.1 Å². The average Bonchev–Trinajstić information content (AvgIpc) is 3.39. The Hall–Kier alpha value is -2.52. The average molecular weight is 578 g/mol. The second-order valence-electron chi connectivity index (χ2n) is 9.14. The molecule has 2 aromatic carbocycles. The summed E-state index contributed by atoms with van der Waals surface area (Å²) in [7, 11) is 5.36. The second-order valence-corrected chi connectivity index (χ2v) is 10.5. The molecule has 1 fully saturated rings. The SMILES string of the molecule is COc1ccc(-c2cnc(SCC(=O)N[C@@H]3CCC[C@H]3N(C)CCc3ccc(Cl)cc3)nc2)cc1OC.Cl. The van der Waals surface area contributed by atoms with Gasteiger partial charge in [-0.1, -0.05) is 41.6 Å². The van der Waals surface area contributed by atoms with Crippen LogP contribution in [0.3, 0.4) is 0 Å². The monoisotopic (exact) mass is 576 g/mol. The molecular formula is C28H34Cl2N4O3S. The number of likely N-dealkylation sites (N-methyl/N-ethyl adjacent to an activating group) is 1. The molecule has 0 unspecified atom stereocenters. The molecule has 0 radical (unpaired) electrons. The molecular weight excluding hydrogens is 543 g/mol. The highest BCUT2D eigenvalue weighted by atomic mass is 35.5. The molecule has 3 aromatic rings. The van der Waals surface area contributed by atoms with Crippen LogP contribution in [-0.4, -0.2) is 66.4 Å². The number of benzene rings is 2. The van der Waals surface area contributed by atoms with E-state index in [0.717, 1.165) is 48.4 Å². The number of hydrogen-bond donors (Lipinski definition) is 1. The van der Waals surface area contributed by atoms with Crippen LogP contribution < -0.4 is 14.8 Å². The van der Waals surface area contributed by atoms with E-state index in [2.05, 4.69) is 39.4 Å². The predicted molar refractivity (Wildman–Crippen MR) is 156 cm³/mol. The summed E-state index contributed by atoms with van der Waals surface area (Å²) in [6, 6.07) is 14.2. The van der Waals surface area contributed by atoms with E-state index < -0.39 is 0 Å². The first-order chi connectivity index (χ1) is 18.0. The Kier molecular flexibility index (Phi) is 11.5. The number of carbonyl (C=O) groups is 1. The molecule has 1 N–H and O–H groups in total. The van der Waals surface area contributed by atoms with Crippen molar-refractivity contribution in [3.05, 3.63) is 65.4 Å². The standard InChI is InChI=1S/C28H33ClN4O3S.ClH/c1-33(14-13-19-7-10-22(29)11-8-19)24-6-4-5-23(24)32-27(34)18-37-28-30-16-21(17-31-28)20-9-12-25(35-2)26(15-20)36-3;/h7-12,15-17,23-24H,4-6,13-14,18H2,1-3H3,(H,32,34);1H/t23-,24-;/m1./s1. The lowest BCUT2D eigenvalue weighted by atomic mass is 10.1. The molecule has 7 nitrogen and oxygen atoms in total. The minimum atomic E-state index is 0. The lowest BCUT2D eigenvalue weighted by molar-refractivity contribution is -0.119. The number of amides is 1. The van der Waals surface area contributed by atoms with E-state index in [9.17, 15) is 4.79 Å². The van der Waals surface area contributed by atoms with Gasteiger partial charge in [-0.3, -0.25) is 4.79 Å². The third kappa shape index (κ3) is 7.99. The van der Waals surface area contributed by atoms with Crippen molar-refractivity contribution in [2.24, 2.45) is 0 Å². The van der Waals surface area contributed by atoms with E-state index in [1.807, 2.05) is 30.3 Å². The third-order valence-corrected chi connectivity index (χ3v) is 7.86. The van der Waals surface area contributed by atoms with Gasteiger partial charge >= 0.3 is 0 Å². The molecule has 1 aromatic heterocycles. The maximum absolute atomic E-state index is 12.7. The summed E-state index contributed by atoms with van der Waals surface area (Å²) in [4.78, 5) is 24.0. The molecule has 0 saturated heterocycles. The molecule has 4 rings (SSSR count). The van der Waals surface area contributed by atoms with Gasteiger partial charge in [0.2, 0.25) is 5.91 Å². The van der Waals surface area contributed by atoms with Gasteiger partial charge in [0.05, 0.1) is 20.0 Å². The van der Waals surface area contributed by atoms with Crippen LogP contribution in [0, 0.1) is 0 Å². The summed E-state index contributed by atoms with van der Waals surface area (Å²) in [5.74, 6) is 1.62. The van der Waals surface area contributed by atoms with Crippen LogP contribution >= 0.6 is 35.8 Å². The van der Waals surface area contributed by atoms with Crippen molar-refractivity contribution in [3.8, 4) is 22.6 Å². The Morgan fingerprint density at radius 2 is 1.76 bits per heavy atom. The van der Waals surface area contributed by atoms with Crippen LogP contribution in [0.2, 0.25) is 5.02 Å². The topological polar surface area (TPSA) is 76.6 Å². The number of nitrogens with zero attached hydrogens (tertiary/aromatic N) is 3. The zero-order chi connectivity index (χ0) is 26.2. The zero-order valence-electron chi connectivity index (χ0n) is 21.9. The lowest BCUT2D eigenvalue weighted by Gasteiger charge is -2.30. The zero-order valence-corrected chi connectivity index (χ0v) is 24.2. The summed E-state index contributed by atoms with van der Waals surface area (Å²) in [6.07, 6.45) is 7.69. The van der Waals surface area contributed by atoms with Gasteiger partial charge in [-0.15, -0.1) is 12.4 Å². The first-order valence-corrected chi connectivity index (χ1v) is 13.7. The van der Waals surface area contributed by atoms with Crippen LogP contribution in [0.1, 0.15) is 24.8 Å². The number of ether oxygens (including phenoxy) is 2. The summed E-state index contributed by atoms with van der Waals surface area (Å²) >= 11 is 7.34. The maximum Gasteiger partial charge on any atom is 0.230 e. The first kappa shape index (κ1) is 30.0. The predicted octanol–water partition coefficient (Wildman–Crippen LogP) is 5.54. The number of thioether (sulfide) groups is 1. The van der Waals surface area contributed by atoms with Crippen LogP contribution in [0.15, 0.2) is 60.0 Å². The first-order valence-electron chi connectivity index (χ1n) is 12.4. The third-order valence-electron chi connectivity index (χ3n) is 6.74. The van der Waals surface area contributed by atoms with Gasteiger partial charge in [0.15, 0.2) is 16.7 Å². The van der Waals surface area contributed by atoms with Crippen molar-refractivity contribution < 1.29 is 14.3 Å². The molecule has 0 spiro atoms. The minimum absolute atomic E-state index is 0. The van der Waals surface area contributed by atoms with Gasteiger partial charge in [-0.25, -0.2) is 9.97 Å². The maximum atomic E-state index is 12.7. The summed E-state index contributed by atoms with van der Waals surface area (Å²) in [5, 5.41) is 4.58. The van der Waals surface area contributed by atoms with Crippen molar-refractivity contribution in [1.29, 1.82) is 0 Å². The molecule has 1 heterocycles. The highest BCUT2D eigenvalue weighted by molar-refractivity contribution is 7.99. The number of aromatic nitrogens is 2. The quantitative estimate of drug-likeness (QED) is 0.237. The summed E-state index contributed by atoms with van der Waals surface area (Å²) < 4.78 is 10.7. The Labute approximate surface area is 240 Å². The molecule has 204 valence electrons. The van der Waals surface area contributed by atoms with Crippen molar-refractivity contribution in [1.82, 2.24) is 20.2 Å². The number of carbonyl (C=O) groups excluding carboxylic acids is 1. The number of rotatable bonds is 11. The largest absolute Gasteiger partial charge is 0.493 e. The Bertz CT molecular complexity index is 1180. The van der Waals surface area contributed by atoms with Crippen molar-refractivity contribution in [2.75, 3.05) is 33.6 Å². The normalized spacial score (nSPS) is 16.7. The smallest absolute Gasteiger partial charge is 0.230 e. The minimum Gasteiger partial charge on any atom is -0.493 e. The van der Waals surface area contributed by atoms with E-state index in [1.165, 1.54) is 17.3 Å². The highest BCUT2D eigenvalue weighted by Gasteiger charge is 2.31. The van der Waals surface area contributed by atoms with Gasteiger partial charge in [0.1, 0.15) is 0 Å². The summed E-state index contributed by atoms with van der Waals surface area (Å²) in [6.45, 7) is 0.938. The van der Waals surface area contributed by atoms with Gasteiger partial charge in [-0.2, -0.15) is 0 Å². The van der Waals surface area contributed by atoms with E-state index in [0.29, 0.717) is 22.7 Å². The lowest BCUT2D eigenvalue weighted by Crippen LogP contribution is -2.48. The molecule has 1 saturated carbocycles. The fourth-order valence-electron chi connectivity index (χ4n) is 4.69. The molecule has 1 aliphatic rings. The van der Waals surface area contributed by atoms with Gasteiger partial charge in [0, 0.05) is 41.6 Å². The van der Waals surface area contributed by atoms with E-state index in [4.69, 9.17) is 21.1 Å². The fraction of sp³-hybridized carbons (Fsp3) is 0.393. The van der Waals surface area contributed by atoms with Crippen LogP contribution in [0.25, 0.3) is 11.1 Å². The Balaban J connectivity index is 0.00000400. The van der Waals surface area contributed by atoms with Crippen LogP contribution in [-0.2, 0) is 11.2 Å². The van der Waals surface area contributed by atoms with Crippen LogP contribution in [0.4, 0.5) is 0 Å². The molecule has 0 bridgehead atoms. The Morgan fingerprint density at radius 3 is 2.45 bits per heavy atom. The van der Waals surface area contributed by atoms with Crippen molar-refractivity contribution >= 4 is 41.7 Å². The number of nitrogens with one attached hydrogen (secondary N) is 1. The molecule has 10 heteroatoms. The van der Waals surface area contributed by atoms with E-state index in [-0.39, 0.29) is 30.1 Å². The molecule has 0 aliphatic heterocycles. The van der Waals surface area contributed by atoms with Gasteiger partial charge < -0.3 is 19.7 Å². The Morgan fingerprint density at radius 1 is 1.05 bits per heavy atom. The van der Waals surface area contributed by atoms with Crippen molar-refractivity contribution in [3.63, 3.8) is 0 Å². The fourth-order valence-corrected chi connectivity index (χ4v) is 5.42.